The molecule has 0 spiro atoms. The number of methoxy groups -OCH3 is 1. The number of carbonyl (C=O) groups is 1. The molecular weight excluding hydrogens is 248 g/mol. The van der Waals surface area contributed by atoms with Gasteiger partial charge in [0.15, 0.2) is 6.29 Å². The maximum atomic E-state index is 11.3. The van der Waals surface area contributed by atoms with E-state index in [2.05, 4.69) is 0 Å². The minimum absolute atomic E-state index is 0.264. The van der Waals surface area contributed by atoms with E-state index in [0.717, 1.165) is 11.3 Å². The van der Waals surface area contributed by atoms with Crippen molar-refractivity contribution in [2.24, 2.45) is 0 Å². The van der Waals surface area contributed by atoms with Gasteiger partial charge in [0.05, 0.1) is 26.2 Å². The number of carboxylic acids is 1. The average molecular weight is 266 g/mol. The molecule has 1 aromatic rings. The molecule has 1 atom stereocenters. The fourth-order valence-corrected chi connectivity index (χ4v) is 2.15. The third kappa shape index (κ3) is 3.68. The van der Waals surface area contributed by atoms with E-state index in [0.29, 0.717) is 26.1 Å². The van der Waals surface area contributed by atoms with Crippen molar-refractivity contribution >= 4 is 5.97 Å². The van der Waals surface area contributed by atoms with E-state index in [9.17, 15) is 9.90 Å². The van der Waals surface area contributed by atoms with Gasteiger partial charge < -0.3 is 19.3 Å². The number of carboxylic acid groups (broad SMARTS) is 1. The van der Waals surface area contributed by atoms with Gasteiger partial charge in [-0.05, 0) is 30.5 Å². The Balaban J connectivity index is 1.99. The molecule has 0 aliphatic carbocycles. The van der Waals surface area contributed by atoms with Crippen molar-refractivity contribution in [3.63, 3.8) is 0 Å². The Bertz CT molecular complexity index is 408. The van der Waals surface area contributed by atoms with Gasteiger partial charge in [0.2, 0.25) is 0 Å². The van der Waals surface area contributed by atoms with E-state index in [-0.39, 0.29) is 6.29 Å². The SMILES string of the molecule is COc1ccc(C(CCC2OCCO2)C(=O)O)cc1. The van der Waals surface area contributed by atoms with Crippen LogP contribution in [0.2, 0.25) is 0 Å². The lowest BCUT2D eigenvalue weighted by molar-refractivity contribution is -0.139. The fourth-order valence-electron chi connectivity index (χ4n) is 2.15. The van der Waals surface area contributed by atoms with Crippen molar-refractivity contribution in [1.82, 2.24) is 0 Å². The molecule has 19 heavy (non-hydrogen) atoms. The molecule has 1 aliphatic heterocycles. The molecule has 1 aliphatic rings. The lowest BCUT2D eigenvalue weighted by atomic mass is 9.94. The first-order valence-electron chi connectivity index (χ1n) is 6.30. The molecular formula is C14H18O5. The van der Waals surface area contributed by atoms with Gasteiger partial charge in [0, 0.05) is 0 Å². The van der Waals surface area contributed by atoms with Crippen LogP contribution in [0.1, 0.15) is 24.3 Å². The molecule has 104 valence electrons. The number of ether oxygens (including phenoxy) is 3. The maximum Gasteiger partial charge on any atom is 0.310 e. The summed E-state index contributed by atoms with van der Waals surface area (Å²) in [5, 5.41) is 9.31. The van der Waals surface area contributed by atoms with Gasteiger partial charge in [-0.3, -0.25) is 4.79 Å². The van der Waals surface area contributed by atoms with Gasteiger partial charge in [-0.25, -0.2) is 0 Å². The van der Waals surface area contributed by atoms with Gasteiger partial charge in [0.25, 0.3) is 0 Å². The summed E-state index contributed by atoms with van der Waals surface area (Å²) in [6.07, 6.45) is 0.815. The number of aliphatic carboxylic acids is 1. The molecule has 0 amide bonds. The first-order chi connectivity index (χ1) is 9.20. The second kappa shape index (κ2) is 6.54. The number of hydrogen-bond donors (Lipinski definition) is 1. The number of benzene rings is 1. The highest BCUT2D eigenvalue weighted by molar-refractivity contribution is 5.76. The quantitative estimate of drug-likeness (QED) is 0.853. The Kier molecular flexibility index (Phi) is 4.76. The average Bonchev–Trinajstić information content (AvgIpc) is 2.92. The van der Waals surface area contributed by atoms with Crippen LogP contribution in [0.25, 0.3) is 0 Å². The summed E-state index contributed by atoms with van der Waals surface area (Å²) in [7, 11) is 1.58. The van der Waals surface area contributed by atoms with Gasteiger partial charge in [-0.15, -0.1) is 0 Å². The zero-order chi connectivity index (χ0) is 13.7. The van der Waals surface area contributed by atoms with Crippen molar-refractivity contribution in [3.05, 3.63) is 29.8 Å². The molecule has 1 N–H and O–H groups in total. The van der Waals surface area contributed by atoms with E-state index in [4.69, 9.17) is 14.2 Å². The van der Waals surface area contributed by atoms with Crippen LogP contribution in [0.5, 0.6) is 5.75 Å². The molecule has 0 aromatic heterocycles. The predicted molar refractivity (Wildman–Crippen MR) is 68.3 cm³/mol. The standard InChI is InChI=1S/C14H18O5/c1-17-11-4-2-10(3-5-11)12(14(15)16)6-7-13-18-8-9-19-13/h2-5,12-13H,6-9H2,1H3,(H,15,16). The molecule has 1 saturated heterocycles. The predicted octanol–water partition coefficient (Wildman–Crippen LogP) is 2.02. The molecule has 5 nitrogen and oxygen atoms in total. The van der Waals surface area contributed by atoms with Crippen LogP contribution in [-0.4, -0.2) is 37.7 Å². The molecule has 1 unspecified atom stereocenters. The van der Waals surface area contributed by atoms with Crippen molar-refractivity contribution in [2.45, 2.75) is 25.0 Å². The highest BCUT2D eigenvalue weighted by atomic mass is 16.7. The van der Waals surface area contributed by atoms with Crippen molar-refractivity contribution in [1.29, 1.82) is 0 Å². The number of hydrogen-bond acceptors (Lipinski definition) is 4. The van der Waals surface area contributed by atoms with Gasteiger partial charge >= 0.3 is 5.97 Å². The van der Waals surface area contributed by atoms with Crippen molar-refractivity contribution in [3.8, 4) is 5.75 Å². The zero-order valence-electron chi connectivity index (χ0n) is 10.9. The van der Waals surface area contributed by atoms with Gasteiger partial charge in [-0.1, -0.05) is 12.1 Å². The third-order valence-corrected chi connectivity index (χ3v) is 3.20. The minimum Gasteiger partial charge on any atom is -0.497 e. The van der Waals surface area contributed by atoms with Crippen LogP contribution in [-0.2, 0) is 14.3 Å². The summed E-state index contributed by atoms with van der Waals surface area (Å²) >= 11 is 0. The normalized spacial score (nSPS) is 17.3. The van der Waals surface area contributed by atoms with E-state index in [1.54, 1.807) is 31.4 Å². The summed E-state index contributed by atoms with van der Waals surface area (Å²) in [4.78, 5) is 11.3. The van der Waals surface area contributed by atoms with Gasteiger partial charge in [0.1, 0.15) is 5.75 Å². The summed E-state index contributed by atoms with van der Waals surface area (Å²) in [6.45, 7) is 1.18. The summed E-state index contributed by atoms with van der Waals surface area (Å²) in [6, 6.07) is 7.11. The Morgan fingerprint density at radius 1 is 1.37 bits per heavy atom. The maximum absolute atomic E-state index is 11.3. The van der Waals surface area contributed by atoms with Crippen LogP contribution in [0.15, 0.2) is 24.3 Å². The van der Waals surface area contributed by atoms with Crippen LogP contribution in [0.4, 0.5) is 0 Å². The molecule has 5 heteroatoms. The smallest absolute Gasteiger partial charge is 0.310 e. The summed E-state index contributed by atoms with van der Waals surface area (Å²) < 4.78 is 15.7. The summed E-state index contributed by atoms with van der Waals surface area (Å²) in [5.74, 6) is -0.655. The molecule has 0 saturated carbocycles. The van der Waals surface area contributed by atoms with Crippen LogP contribution >= 0.6 is 0 Å². The number of rotatable bonds is 6. The van der Waals surface area contributed by atoms with Crippen LogP contribution in [0.3, 0.4) is 0 Å². The topological polar surface area (TPSA) is 65.0 Å². The molecule has 1 heterocycles. The largest absolute Gasteiger partial charge is 0.497 e. The van der Waals surface area contributed by atoms with E-state index in [1.807, 2.05) is 0 Å². The second-order valence-electron chi connectivity index (χ2n) is 4.41. The first kappa shape index (κ1) is 13.8. The van der Waals surface area contributed by atoms with Crippen molar-refractivity contribution in [2.75, 3.05) is 20.3 Å². The molecule has 0 radical (unpaired) electrons. The van der Waals surface area contributed by atoms with E-state index in [1.165, 1.54) is 0 Å². The molecule has 0 bridgehead atoms. The molecule has 2 rings (SSSR count). The minimum atomic E-state index is -0.830. The third-order valence-electron chi connectivity index (χ3n) is 3.20. The monoisotopic (exact) mass is 266 g/mol. The Morgan fingerprint density at radius 3 is 2.53 bits per heavy atom. The Labute approximate surface area is 112 Å². The Morgan fingerprint density at radius 2 is 2.00 bits per heavy atom. The first-order valence-corrected chi connectivity index (χ1v) is 6.30. The van der Waals surface area contributed by atoms with E-state index < -0.39 is 11.9 Å². The zero-order valence-corrected chi connectivity index (χ0v) is 10.9. The van der Waals surface area contributed by atoms with E-state index >= 15 is 0 Å². The molecule has 1 aromatic carbocycles. The van der Waals surface area contributed by atoms with Crippen LogP contribution in [0, 0.1) is 0 Å². The Hall–Kier alpha value is -1.59. The lowest BCUT2D eigenvalue weighted by Crippen LogP contribution is -2.16. The highest BCUT2D eigenvalue weighted by Gasteiger charge is 2.23. The molecule has 1 fully saturated rings. The van der Waals surface area contributed by atoms with Crippen LogP contribution < -0.4 is 4.74 Å². The summed E-state index contributed by atoms with van der Waals surface area (Å²) in [5.41, 5.74) is 0.770. The highest BCUT2D eigenvalue weighted by Crippen LogP contribution is 2.26. The van der Waals surface area contributed by atoms with Crippen molar-refractivity contribution < 1.29 is 24.1 Å². The second-order valence-corrected chi connectivity index (χ2v) is 4.41. The fraction of sp³-hybridized carbons (Fsp3) is 0.500. The lowest BCUT2D eigenvalue weighted by Gasteiger charge is -2.15. The van der Waals surface area contributed by atoms with Gasteiger partial charge in [-0.2, -0.15) is 0 Å².